The molecule has 2 N–H and O–H groups in total. The Kier molecular flexibility index (Phi) is 9.69. The van der Waals surface area contributed by atoms with Crippen LogP contribution in [0.2, 0.25) is 0 Å². The van der Waals surface area contributed by atoms with Gasteiger partial charge < -0.3 is 14.9 Å². The van der Waals surface area contributed by atoms with Crippen LogP contribution >= 0.6 is 0 Å². The SMILES string of the molecule is C=Cc1ccccc1N(c1ccc(-c2cc(B(O)O)cc(C(/C=C\C)=C/C)c2)cc1)C(C)/C=C\CC. The minimum atomic E-state index is -1.54. The van der Waals surface area contributed by atoms with Crippen molar-refractivity contribution in [1.29, 1.82) is 0 Å². The predicted molar refractivity (Wildman–Crippen MR) is 158 cm³/mol. The molecular weight excluding hydrogens is 441 g/mol. The number of benzene rings is 3. The number of allylic oxidation sites excluding steroid dienone is 5. The minimum Gasteiger partial charge on any atom is -0.423 e. The van der Waals surface area contributed by atoms with Crippen molar-refractivity contribution in [3.63, 3.8) is 0 Å². The molecule has 4 heteroatoms. The fourth-order valence-electron chi connectivity index (χ4n) is 4.38. The van der Waals surface area contributed by atoms with Gasteiger partial charge in [-0.2, -0.15) is 0 Å². The van der Waals surface area contributed by atoms with Crippen molar-refractivity contribution in [3.8, 4) is 11.1 Å². The average molecular weight is 477 g/mol. The Morgan fingerprint density at radius 3 is 2.33 bits per heavy atom. The summed E-state index contributed by atoms with van der Waals surface area (Å²) in [7, 11) is -1.54. The highest BCUT2D eigenvalue weighted by Gasteiger charge is 2.18. The monoisotopic (exact) mass is 477 g/mol. The van der Waals surface area contributed by atoms with Gasteiger partial charge in [0.2, 0.25) is 0 Å². The average Bonchev–Trinajstić information content (AvgIpc) is 2.91. The highest BCUT2D eigenvalue weighted by Crippen LogP contribution is 2.34. The van der Waals surface area contributed by atoms with Crippen molar-refractivity contribution in [2.45, 2.75) is 40.2 Å². The molecule has 184 valence electrons. The summed E-state index contributed by atoms with van der Waals surface area (Å²) in [5, 5.41) is 19.9. The summed E-state index contributed by atoms with van der Waals surface area (Å²) in [6, 6.07) is 22.6. The molecule has 0 amide bonds. The van der Waals surface area contributed by atoms with Gasteiger partial charge in [-0.15, -0.1) is 0 Å². The second kappa shape index (κ2) is 12.9. The Balaban J connectivity index is 2.09. The molecule has 1 atom stereocenters. The molecular formula is C32H36BNO2. The molecule has 0 saturated carbocycles. The summed E-state index contributed by atoms with van der Waals surface area (Å²) in [5.74, 6) is 0. The number of hydrogen-bond donors (Lipinski definition) is 2. The van der Waals surface area contributed by atoms with Gasteiger partial charge in [0, 0.05) is 17.4 Å². The zero-order valence-electron chi connectivity index (χ0n) is 21.7. The van der Waals surface area contributed by atoms with Crippen LogP contribution in [0.25, 0.3) is 22.8 Å². The van der Waals surface area contributed by atoms with E-state index < -0.39 is 7.12 Å². The topological polar surface area (TPSA) is 43.7 Å². The maximum absolute atomic E-state index is 9.93. The summed E-state index contributed by atoms with van der Waals surface area (Å²) in [4.78, 5) is 2.32. The van der Waals surface area contributed by atoms with E-state index in [9.17, 15) is 10.0 Å². The lowest BCUT2D eigenvalue weighted by molar-refractivity contribution is 0.426. The standard InChI is InChI=1S/C32H36BNO2/c1-6-10-14-24(5)34(32-16-12-11-15-26(32)9-4)31-19-17-27(18-20-31)29-21-28(25(8-3)13-7-2)22-30(23-29)33(35)36/h7-24,35-36H,4,6H2,1-3,5H3/b13-7-,14-10-,25-8+. The number of rotatable bonds is 10. The first-order valence-corrected chi connectivity index (χ1v) is 12.5. The second-order valence-electron chi connectivity index (χ2n) is 8.72. The molecule has 0 aromatic heterocycles. The first-order valence-electron chi connectivity index (χ1n) is 12.5. The lowest BCUT2D eigenvalue weighted by Gasteiger charge is -2.31. The summed E-state index contributed by atoms with van der Waals surface area (Å²) >= 11 is 0. The van der Waals surface area contributed by atoms with Crippen molar-refractivity contribution < 1.29 is 10.0 Å². The van der Waals surface area contributed by atoms with Crippen LogP contribution in [0.5, 0.6) is 0 Å². The molecule has 0 heterocycles. The van der Waals surface area contributed by atoms with Crippen LogP contribution in [0.1, 0.15) is 45.2 Å². The molecule has 0 spiro atoms. The third-order valence-electron chi connectivity index (χ3n) is 6.20. The molecule has 3 aromatic rings. The minimum absolute atomic E-state index is 0.148. The van der Waals surface area contributed by atoms with Gasteiger partial charge >= 0.3 is 7.12 Å². The summed E-state index contributed by atoms with van der Waals surface area (Å²) < 4.78 is 0. The smallest absolute Gasteiger partial charge is 0.423 e. The Morgan fingerprint density at radius 2 is 1.72 bits per heavy atom. The van der Waals surface area contributed by atoms with E-state index in [1.807, 2.05) is 56.4 Å². The maximum Gasteiger partial charge on any atom is 0.488 e. The summed E-state index contributed by atoms with van der Waals surface area (Å²) in [6.07, 6.45) is 13.3. The van der Waals surface area contributed by atoms with Crippen LogP contribution in [0.4, 0.5) is 11.4 Å². The van der Waals surface area contributed by atoms with Crippen LogP contribution < -0.4 is 10.4 Å². The molecule has 1 unspecified atom stereocenters. The Bertz CT molecular complexity index is 1260. The molecule has 36 heavy (non-hydrogen) atoms. The van der Waals surface area contributed by atoms with E-state index in [-0.39, 0.29) is 6.04 Å². The highest BCUT2D eigenvalue weighted by atomic mass is 16.4. The zero-order chi connectivity index (χ0) is 26.1. The van der Waals surface area contributed by atoms with Crippen molar-refractivity contribution in [1.82, 2.24) is 0 Å². The van der Waals surface area contributed by atoms with Crippen LogP contribution in [0.3, 0.4) is 0 Å². The fourth-order valence-corrected chi connectivity index (χ4v) is 4.38. The van der Waals surface area contributed by atoms with Crippen molar-refractivity contribution in [3.05, 3.63) is 115 Å². The number of para-hydroxylation sites is 1. The third-order valence-corrected chi connectivity index (χ3v) is 6.20. The van der Waals surface area contributed by atoms with Crippen molar-refractivity contribution >= 4 is 35.6 Å². The molecule has 3 nitrogen and oxygen atoms in total. The predicted octanol–water partition coefficient (Wildman–Crippen LogP) is 7.15. The molecule has 0 aliphatic heterocycles. The lowest BCUT2D eigenvalue weighted by Crippen LogP contribution is -2.30. The van der Waals surface area contributed by atoms with Crippen molar-refractivity contribution in [2.24, 2.45) is 0 Å². The molecule has 0 aliphatic carbocycles. The van der Waals surface area contributed by atoms with Gasteiger partial charge in [0.1, 0.15) is 0 Å². The normalized spacial score (nSPS) is 12.8. The van der Waals surface area contributed by atoms with Crippen LogP contribution in [-0.2, 0) is 0 Å². The molecule has 3 rings (SSSR count). The Labute approximate surface area is 216 Å². The van der Waals surface area contributed by atoms with Gasteiger partial charge in [0.25, 0.3) is 0 Å². The highest BCUT2D eigenvalue weighted by molar-refractivity contribution is 6.58. The summed E-state index contributed by atoms with van der Waals surface area (Å²) in [5.41, 5.74) is 7.64. The number of hydrogen-bond acceptors (Lipinski definition) is 3. The van der Waals surface area contributed by atoms with Gasteiger partial charge in [-0.1, -0.05) is 92.4 Å². The van der Waals surface area contributed by atoms with E-state index in [1.165, 1.54) is 0 Å². The van der Waals surface area contributed by atoms with Crippen molar-refractivity contribution in [2.75, 3.05) is 4.90 Å². The maximum atomic E-state index is 9.93. The second-order valence-corrected chi connectivity index (χ2v) is 8.72. The van der Waals surface area contributed by atoms with E-state index in [2.05, 4.69) is 86.0 Å². The van der Waals surface area contributed by atoms with E-state index >= 15 is 0 Å². The molecule has 0 bridgehead atoms. The van der Waals surface area contributed by atoms with E-state index in [1.54, 1.807) is 0 Å². The van der Waals surface area contributed by atoms with Gasteiger partial charge in [0.05, 0.1) is 0 Å². The van der Waals surface area contributed by atoms with Gasteiger partial charge in [-0.05, 0) is 84.7 Å². The molecule has 0 radical (unpaired) electrons. The molecule has 0 aliphatic rings. The molecule has 0 fully saturated rings. The van der Waals surface area contributed by atoms with Gasteiger partial charge in [0.15, 0.2) is 0 Å². The van der Waals surface area contributed by atoms with Crippen LogP contribution in [0.15, 0.2) is 104 Å². The molecule has 0 saturated heterocycles. The molecule has 3 aromatic carbocycles. The van der Waals surface area contributed by atoms with Crippen LogP contribution in [-0.4, -0.2) is 23.2 Å². The summed E-state index contributed by atoms with van der Waals surface area (Å²) in [6.45, 7) is 12.3. The first kappa shape index (κ1) is 27.0. The first-order chi connectivity index (χ1) is 17.4. The fraction of sp³-hybridized carbons (Fsp3) is 0.188. The van der Waals surface area contributed by atoms with Gasteiger partial charge in [-0.25, -0.2) is 0 Å². The largest absolute Gasteiger partial charge is 0.488 e. The van der Waals surface area contributed by atoms with Gasteiger partial charge in [-0.3, -0.25) is 0 Å². The number of anilines is 2. The number of nitrogens with zero attached hydrogens (tertiary/aromatic N) is 1. The van der Waals surface area contributed by atoms with E-state index in [4.69, 9.17) is 0 Å². The van der Waals surface area contributed by atoms with E-state index in [0.29, 0.717) is 5.46 Å². The Hall–Kier alpha value is -3.60. The van der Waals surface area contributed by atoms with E-state index in [0.717, 1.165) is 45.6 Å². The quantitative estimate of drug-likeness (QED) is 0.185. The third kappa shape index (κ3) is 6.34. The zero-order valence-corrected chi connectivity index (χ0v) is 21.7. The Morgan fingerprint density at radius 1 is 1.00 bits per heavy atom. The lowest BCUT2D eigenvalue weighted by atomic mass is 9.77. The van der Waals surface area contributed by atoms with Crippen LogP contribution in [0, 0.1) is 0 Å².